The molecular formula is C64H62FN4OPt-3. The standard InChI is InChI=1S/C64H62FN4O.Pt/c1-61(2,3)43-31-32-66-59(37-43)69-55-22-16-14-20-50(55)51-30-29-47(39-58(51)69)70-48-34-42(60-52(63(7,8)9)35-44(62(4,5)6)36-53(60)64(10,11)12)33-46(38-48)67-40-68(57-24-18-17-23-56(57)67)54-21-15-13-19-49(54)41-25-27-45(65)28-26-41;/h13-37,40H,1-12H3;/q-3;. The zero-order valence-corrected chi connectivity index (χ0v) is 45.2. The van der Waals surface area contributed by atoms with Gasteiger partial charge in [-0.3, -0.25) is 0 Å². The molecule has 2 aromatic heterocycles. The van der Waals surface area contributed by atoms with Crippen LogP contribution < -0.4 is 14.5 Å². The summed E-state index contributed by atoms with van der Waals surface area (Å²) in [7, 11) is 0. The van der Waals surface area contributed by atoms with Gasteiger partial charge < -0.3 is 19.1 Å². The van der Waals surface area contributed by atoms with Crippen molar-refractivity contribution in [2.45, 2.75) is 105 Å². The molecule has 3 heterocycles. The van der Waals surface area contributed by atoms with Crippen LogP contribution in [0.2, 0.25) is 0 Å². The third-order valence-corrected chi connectivity index (χ3v) is 13.6. The normalized spacial score (nSPS) is 13.2. The molecule has 1 aliphatic heterocycles. The summed E-state index contributed by atoms with van der Waals surface area (Å²) in [6.45, 7) is 29.6. The molecule has 0 amide bonds. The molecule has 10 rings (SSSR count). The summed E-state index contributed by atoms with van der Waals surface area (Å²) in [4.78, 5) is 9.36. The Kier molecular flexibility index (Phi) is 12.7. The van der Waals surface area contributed by atoms with Gasteiger partial charge in [0.1, 0.15) is 11.6 Å². The van der Waals surface area contributed by atoms with Gasteiger partial charge in [0.15, 0.2) is 0 Å². The van der Waals surface area contributed by atoms with E-state index in [9.17, 15) is 4.39 Å². The average Bonchev–Trinajstić information content (AvgIpc) is 3.86. The maximum Gasteiger partial charge on any atom is 0.135 e. The van der Waals surface area contributed by atoms with Crippen LogP contribution in [0.4, 0.5) is 27.1 Å². The molecule has 0 fully saturated rings. The second kappa shape index (κ2) is 18.3. The number of halogens is 1. The van der Waals surface area contributed by atoms with Gasteiger partial charge in [0, 0.05) is 66.9 Å². The molecule has 1 aliphatic rings. The van der Waals surface area contributed by atoms with Crippen molar-refractivity contribution in [3.8, 4) is 39.6 Å². The van der Waals surface area contributed by atoms with Crippen molar-refractivity contribution in [3.63, 3.8) is 0 Å². The van der Waals surface area contributed by atoms with Crippen LogP contribution >= 0.6 is 0 Å². The molecule has 0 bridgehead atoms. The van der Waals surface area contributed by atoms with Crippen molar-refractivity contribution in [1.29, 1.82) is 0 Å². The number of nitrogens with zero attached hydrogens (tertiary/aromatic N) is 4. The summed E-state index contributed by atoms with van der Waals surface area (Å²) >= 11 is 0. The van der Waals surface area contributed by atoms with E-state index in [0.717, 1.165) is 67.1 Å². The van der Waals surface area contributed by atoms with E-state index in [1.165, 1.54) is 39.9 Å². The van der Waals surface area contributed by atoms with Gasteiger partial charge in [-0.05, 0) is 109 Å². The first-order valence-corrected chi connectivity index (χ1v) is 24.4. The number of benzene rings is 7. The molecular weight excluding hydrogens is 1050 g/mol. The topological polar surface area (TPSA) is 33.5 Å². The van der Waals surface area contributed by atoms with E-state index in [0.29, 0.717) is 11.5 Å². The largest absolute Gasteiger partial charge is 0.509 e. The fraction of sp³-hybridized carbons (Fsp3) is 0.250. The summed E-state index contributed by atoms with van der Waals surface area (Å²) in [5, 5.41) is 2.19. The van der Waals surface area contributed by atoms with E-state index in [-0.39, 0.29) is 48.5 Å². The Balaban J connectivity index is 0.00000624. The molecule has 0 N–H and O–H groups in total. The molecule has 71 heavy (non-hydrogen) atoms. The van der Waals surface area contributed by atoms with E-state index in [2.05, 4.69) is 219 Å². The summed E-state index contributed by atoms with van der Waals surface area (Å²) in [6.07, 6.45) is 1.90. The zero-order valence-electron chi connectivity index (χ0n) is 42.9. The van der Waals surface area contributed by atoms with Gasteiger partial charge >= 0.3 is 0 Å². The van der Waals surface area contributed by atoms with Gasteiger partial charge in [0.2, 0.25) is 0 Å². The van der Waals surface area contributed by atoms with Gasteiger partial charge in [0.05, 0.1) is 0 Å². The van der Waals surface area contributed by atoms with Crippen molar-refractivity contribution in [2.75, 3.05) is 9.80 Å². The van der Waals surface area contributed by atoms with Gasteiger partial charge in [0.25, 0.3) is 0 Å². The van der Waals surface area contributed by atoms with Crippen LogP contribution in [0.5, 0.6) is 11.5 Å². The van der Waals surface area contributed by atoms with Crippen LogP contribution in [0.25, 0.3) is 49.9 Å². The number of para-hydroxylation sites is 4. The molecule has 0 unspecified atom stereocenters. The minimum atomic E-state index is -0.265. The van der Waals surface area contributed by atoms with Crippen molar-refractivity contribution in [1.82, 2.24) is 9.55 Å². The fourth-order valence-electron chi connectivity index (χ4n) is 9.78. The predicted octanol–water partition coefficient (Wildman–Crippen LogP) is 17.6. The SMILES string of the molecule is CC(C)(C)c1ccnc(-n2c3[c-]c(Oc4[c-]c(N5[CH-]N(c6ccccc6-c6ccc(F)cc6)c6ccccc65)cc(-c5c(C(C)(C)C)cc(C(C)(C)C)cc5C(C)(C)C)c4)ccc3c3ccccc32)c1.[Pt]. The van der Waals surface area contributed by atoms with E-state index in [1.807, 2.05) is 36.5 Å². The monoisotopic (exact) mass is 1120 g/mol. The number of pyridine rings is 1. The number of hydrogen-bond donors (Lipinski definition) is 0. The number of ether oxygens (including phenoxy) is 1. The summed E-state index contributed by atoms with van der Waals surface area (Å²) < 4.78 is 23.5. The zero-order chi connectivity index (χ0) is 49.5. The Labute approximate surface area is 434 Å². The smallest absolute Gasteiger partial charge is 0.135 e. The van der Waals surface area contributed by atoms with Gasteiger partial charge in [-0.1, -0.05) is 161 Å². The molecule has 0 atom stereocenters. The van der Waals surface area contributed by atoms with Crippen LogP contribution in [0.1, 0.15) is 105 Å². The van der Waals surface area contributed by atoms with Crippen LogP contribution in [0.15, 0.2) is 152 Å². The molecule has 0 saturated carbocycles. The van der Waals surface area contributed by atoms with Crippen LogP contribution in [-0.4, -0.2) is 9.55 Å². The Hall–Kier alpha value is -6.49. The predicted molar refractivity (Wildman–Crippen MR) is 290 cm³/mol. The molecule has 364 valence electrons. The van der Waals surface area contributed by atoms with Gasteiger partial charge in [-0.15, -0.1) is 53.6 Å². The van der Waals surface area contributed by atoms with Gasteiger partial charge in [-0.25, -0.2) is 9.37 Å². The van der Waals surface area contributed by atoms with Crippen molar-refractivity contribution >= 4 is 44.6 Å². The maximum absolute atomic E-state index is 14.2. The molecule has 0 aliphatic carbocycles. The third-order valence-electron chi connectivity index (χ3n) is 13.6. The molecule has 0 saturated heterocycles. The molecule has 5 nitrogen and oxygen atoms in total. The molecule has 0 radical (unpaired) electrons. The first kappa shape index (κ1) is 49.5. The molecule has 9 aromatic rings. The Morgan fingerprint density at radius 1 is 0.521 bits per heavy atom. The maximum atomic E-state index is 14.2. The third kappa shape index (κ3) is 9.44. The number of aromatic nitrogens is 2. The Morgan fingerprint density at radius 3 is 1.77 bits per heavy atom. The second-order valence-electron chi connectivity index (χ2n) is 22.9. The molecule has 7 heteroatoms. The summed E-state index contributed by atoms with van der Waals surface area (Å²) in [5.74, 6) is 1.70. The van der Waals surface area contributed by atoms with Crippen molar-refractivity contribution < 1.29 is 30.2 Å². The second-order valence-corrected chi connectivity index (χ2v) is 22.9. The number of anilines is 4. The van der Waals surface area contributed by atoms with Crippen LogP contribution in [0, 0.1) is 24.6 Å². The summed E-state index contributed by atoms with van der Waals surface area (Å²) in [6, 6.07) is 57.1. The molecule has 7 aromatic carbocycles. The minimum absolute atomic E-state index is 0. The first-order valence-electron chi connectivity index (χ1n) is 24.4. The van der Waals surface area contributed by atoms with E-state index in [1.54, 1.807) is 0 Å². The molecule has 0 spiro atoms. The Bertz CT molecular complexity index is 3420. The fourth-order valence-corrected chi connectivity index (χ4v) is 9.78. The first-order chi connectivity index (χ1) is 33.1. The van der Waals surface area contributed by atoms with Crippen LogP contribution in [0.3, 0.4) is 0 Å². The van der Waals surface area contributed by atoms with E-state index < -0.39 is 0 Å². The van der Waals surface area contributed by atoms with E-state index in [4.69, 9.17) is 9.72 Å². The average molecular weight is 1120 g/mol. The number of hydrogen-bond acceptors (Lipinski definition) is 4. The van der Waals surface area contributed by atoms with E-state index >= 15 is 0 Å². The quantitative estimate of drug-likeness (QED) is 0.149. The summed E-state index contributed by atoms with van der Waals surface area (Å²) in [5.41, 5.74) is 14.4. The van der Waals surface area contributed by atoms with Gasteiger partial charge in [-0.2, -0.15) is 6.07 Å². The Morgan fingerprint density at radius 2 is 1.13 bits per heavy atom. The van der Waals surface area contributed by atoms with Crippen LogP contribution in [-0.2, 0) is 42.7 Å². The minimum Gasteiger partial charge on any atom is -0.509 e. The van der Waals surface area contributed by atoms with Crippen molar-refractivity contribution in [2.24, 2.45) is 0 Å². The number of rotatable bonds is 7. The number of fused-ring (bicyclic) bond motifs is 4. The van der Waals surface area contributed by atoms with Crippen molar-refractivity contribution in [3.05, 3.63) is 199 Å².